The van der Waals surface area contributed by atoms with Crippen molar-refractivity contribution in [2.24, 2.45) is 0 Å². The second-order valence-corrected chi connectivity index (χ2v) is 4.47. The number of ether oxygens (including phenoxy) is 1. The molecule has 3 nitrogen and oxygen atoms in total. The third-order valence-electron chi connectivity index (χ3n) is 2.91. The fraction of sp³-hybridized carbons (Fsp3) is 0.188. The second kappa shape index (κ2) is 5.67. The number of aliphatic hydroxyl groups excluding tert-OH is 1. The number of aliphatic hydroxyl groups is 1. The maximum atomic E-state index is 12.0. The summed E-state index contributed by atoms with van der Waals surface area (Å²) >= 11 is 0. The van der Waals surface area contributed by atoms with E-state index < -0.39 is 0 Å². The van der Waals surface area contributed by atoms with Gasteiger partial charge in [0.25, 0.3) is 0 Å². The predicted molar refractivity (Wildman–Crippen MR) is 73.2 cm³/mol. The first kappa shape index (κ1) is 13.3. The number of carbonyl (C=O) groups is 1. The van der Waals surface area contributed by atoms with Crippen molar-refractivity contribution in [1.82, 2.24) is 0 Å². The van der Waals surface area contributed by atoms with Crippen molar-refractivity contribution in [3.63, 3.8) is 0 Å². The molecule has 0 aliphatic rings. The van der Waals surface area contributed by atoms with Gasteiger partial charge in [-0.25, -0.2) is 4.79 Å². The van der Waals surface area contributed by atoms with Crippen molar-refractivity contribution in [3.05, 3.63) is 64.7 Å². The smallest absolute Gasteiger partial charge is 0.343 e. The van der Waals surface area contributed by atoms with E-state index in [4.69, 9.17) is 9.84 Å². The Hall–Kier alpha value is -2.13. The number of esters is 1. The van der Waals surface area contributed by atoms with E-state index in [-0.39, 0.29) is 12.6 Å². The molecule has 0 unspecified atom stereocenters. The van der Waals surface area contributed by atoms with Crippen LogP contribution in [-0.2, 0) is 6.61 Å². The lowest BCUT2D eigenvalue weighted by molar-refractivity contribution is 0.0732. The molecule has 3 heteroatoms. The molecule has 0 aromatic heterocycles. The van der Waals surface area contributed by atoms with Crippen LogP contribution in [-0.4, -0.2) is 11.1 Å². The third kappa shape index (κ3) is 3.01. The summed E-state index contributed by atoms with van der Waals surface area (Å²) in [6.45, 7) is 3.70. The van der Waals surface area contributed by atoms with E-state index in [1.54, 1.807) is 24.3 Å². The van der Waals surface area contributed by atoms with Crippen LogP contribution >= 0.6 is 0 Å². The number of benzene rings is 2. The summed E-state index contributed by atoms with van der Waals surface area (Å²) in [7, 11) is 0. The van der Waals surface area contributed by atoms with E-state index in [2.05, 4.69) is 0 Å². The molecule has 0 fully saturated rings. The van der Waals surface area contributed by atoms with Gasteiger partial charge in [0.1, 0.15) is 5.75 Å². The normalized spacial score (nSPS) is 10.3. The maximum absolute atomic E-state index is 12.0. The average Bonchev–Trinajstić information content (AvgIpc) is 2.43. The minimum atomic E-state index is -0.372. The molecule has 0 bridgehead atoms. The molecule has 0 amide bonds. The minimum Gasteiger partial charge on any atom is -0.422 e. The first-order valence-electron chi connectivity index (χ1n) is 6.10. The molecule has 98 valence electrons. The summed E-state index contributed by atoms with van der Waals surface area (Å²) in [5, 5.41) is 9.13. The molecule has 2 aromatic rings. The first-order valence-corrected chi connectivity index (χ1v) is 6.10. The average molecular weight is 256 g/mol. The molecule has 0 aliphatic carbocycles. The van der Waals surface area contributed by atoms with Gasteiger partial charge in [0, 0.05) is 0 Å². The van der Waals surface area contributed by atoms with Crippen molar-refractivity contribution in [3.8, 4) is 5.75 Å². The molecule has 0 saturated carbocycles. The van der Waals surface area contributed by atoms with E-state index in [0.717, 1.165) is 16.7 Å². The third-order valence-corrected chi connectivity index (χ3v) is 2.91. The van der Waals surface area contributed by atoms with E-state index in [0.29, 0.717) is 11.3 Å². The van der Waals surface area contributed by atoms with Crippen LogP contribution in [0.3, 0.4) is 0 Å². The Bertz CT molecular complexity index is 565. The Labute approximate surface area is 112 Å². The van der Waals surface area contributed by atoms with Crippen LogP contribution in [0.5, 0.6) is 5.75 Å². The Morgan fingerprint density at radius 1 is 1.11 bits per heavy atom. The number of aryl methyl sites for hydroxylation is 2. The van der Waals surface area contributed by atoms with Gasteiger partial charge in [-0.2, -0.15) is 0 Å². The van der Waals surface area contributed by atoms with Gasteiger partial charge in [-0.05, 0) is 42.7 Å². The molecule has 2 aromatic carbocycles. The van der Waals surface area contributed by atoms with Crippen molar-refractivity contribution in [2.45, 2.75) is 20.5 Å². The maximum Gasteiger partial charge on any atom is 0.343 e. The summed E-state index contributed by atoms with van der Waals surface area (Å²) in [5.74, 6) is 0.189. The fourth-order valence-electron chi connectivity index (χ4n) is 2.02. The molecule has 0 radical (unpaired) electrons. The van der Waals surface area contributed by atoms with E-state index >= 15 is 0 Å². The molecular formula is C16H16O3. The lowest BCUT2D eigenvalue weighted by Gasteiger charge is -2.12. The lowest BCUT2D eigenvalue weighted by Crippen LogP contribution is -2.10. The van der Waals surface area contributed by atoms with E-state index in [1.165, 1.54) is 0 Å². The van der Waals surface area contributed by atoms with Crippen molar-refractivity contribution in [2.75, 3.05) is 0 Å². The summed E-state index contributed by atoms with van der Waals surface area (Å²) in [5.41, 5.74) is 3.02. The number of carbonyl (C=O) groups excluding carboxylic acids is 1. The van der Waals surface area contributed by atoms with Gasteiger partial charge in [-0.1, -0.05) is 30.3 Å². The van der Waals surface area contributed by atoms with Crippen LogP contribution < -0.4 is 4.74 Å². The standard InChI is InChI=1S/C16H16O3/c1-11-8-13(10-17)9-12(2)15(11)19-16(18)14-6-4-3-5-7-14/h3-9,17H,10H2,1-2H3. The monoisotopic (exact) mass is 256 g/mol. The zero-order valence-corrected chi connectivity index (χ0v) is 11.0. The van der Waals surface area contributed by atoms with Crippen molar-refractivity contribution < 1.29 is 14.6 Å². The fourth-order valence-corrected chi connectivity index (χ4v) is 2.02. The highest BCUT2D eigenvalue weighted by Crippen LogP contribution is 2.25. The Kier molecular flexibility index (Phi) is 3.97. The Morgan fingerprint density at radius 3 is 2.21 bits per heavy atom. The molecule has 0 saturated heterocycles. The van der Waals surface area contributed by atoms with Gasteiger partial charge >= 0.3 is 5.97 Å². The highest BCUT2D eigenvalue weighted by Gasteiger charge is 2.12. The molecule has 2 rings (SSSR count). The molecule has 0 heterocycles. The Balaban J connectivity index is 2.27. The van der Waals surface area contributed by atoms with Gasteiger partial charge in [0.05, 0.1) is 12.2 Å². The van der Waals surface area contributed by atoms with Crippen LogP contribution in [0, 0.1) is 13.8 Å². The Morgan fingerprint density at radius 2 is 1.68 bits per heavy atom. The van der Waals surface area contributed by atoms with Crippen LogP contribution in [0.2, 0.25) is 0 Å². The van der Waals surface area contributed by atoms with E-state index in [1.807, 2.05) is 32.0 Å². The van der Waals surface area contributed by atoms with Crippen molar-refractivity contribution >= 4 is 5.97 Å². The largest absolute Gasteiger partial charge is 0.422 e. The first-order chi connectivity index (χ1) is 9.11. The van der Waals surface area contributed by atoms with Crippen LogP contribution in [0.1, 0.15) is 27.0 Å². The minimum absolute atomic E-state index is 0.0193. The second-order valence-electron chi connectivity index (χ2n) is 4.47. The number of hydrogen-bond donors (Lipinski definition) is 1. The lowest BCUT2D eigenvalue weighted by atomic mass is 10.1. The summed E-state index contributed by atoms with van der Waals surface area (Å²) in [4.78, 5) is 12.0. The van der Waals surface area contributed by atoms with Gasteiger partial charge in [0.15, 0.2) is 0 Å². The zero-order chi connectivity index (χ0) is 13.8. The molecule has 1 N–H and O–H groups in total. The van der Waals surface area contributed by atoms with Crippen LogP contribution in [0.15, 0.2) is 42.5 Å². The summed E-state index contributed by atoms with van der Waals surface area (Å²) < 4.78 is 5.44. The number of rotatable bonds is 3. The van der Waals surface area contributed by atoms with Gasteiger partial charge < -0.3 is 9.84 Å². The summed E-state index contributed by atoms with van der Waals surface area (Å²) in [6, 6.07) is 12.5. The predicted octanol–water partition coefficient (Wildman–Crippen LogP) is 3.01. The van der Waals surface area contributed by atoms with Crippen LogP contribution in [0.25, 0.3) is 0 Å². The number of hydrogen-bond acceptors (Lipinski definition) is 3. The quantitative estimate of drug-likeness (QED) is 0.678. The zero-order valence-electron chi connectivity index (χ0n) is 11.0. The highest BCUT2D eigenvalue weighted by molar-refractivity contribution is 5.91. The van der Waals surface area contributed by atoms with Gasteiger partial charge in [-0.15, -0.1) is 0 Å². The molecule has 0 spiro atoms. The molecular weight excluding hydrogens is 240 g/mol. The topological polar surface area (TPSA) is 46.5 Å². The molecule has 0 aliphatic heterocycles. The van der Waals surface area contributed by atoms with Crippen LogP contribution in [0.4, 0.5) is 0 Å². The van der Waals surface area contributed by atoms with E-state index in [9.17, 15) is 4.79 Å². The molecule has 0 atom stereocenters. The SMILES string of the molecule is Cc1cc(CO)cc(C)c1OC(=O)c1ccccc1. The van der Waals surface area contributed by atoms with Gasteiger partial charge in [-0.3, -0.25) is 0 Å². The van der Waals surface area contributed by atoms with Crippen molar-refractivity contribution in [1.29, 1.82) is 0 Å². The highest BCUT2D eigenvalue weighted by atomic mass is 16.5. The van der Waals surface area contributed by atoms with Gasteiger partial charge in [0.2, 0.25) is 0 Å². The molecule has 19 heavy (non-hydrogen) atoms. The summed E-state index contributed by atoms with van der Waals surface area (Å²) in [6.07, 6.45) is 0.